The van der Waals surface area contributed by atoms with Crippen LogP contribution in [0.3, 0.4) is 0 Å². The summed E-state index contributed by atoms with van der Waals surface area (Å²) in [6, 6.07) is 14.6. The van der Waals surface area contributed by atoms with Gasteiger partial charge in [0, 0.05) is 45.7 Å². The number of benzene rings is 2. The predicted molar refractivity (Wildman–Crippen MR) is 131 cm³/mol. The van der Waals surface area contributed by atoms with E-state index >= 15 is 0 Å². The molecule has 2 aromatic rings. The number of nitrogens with one attached hydrogen (secondary N) is 2. The predicted octanol–water partition coefficient (Wildman–Crippen LogP) is 2.87. The topological polar surface area (TPSA) is 81.8 Å². The summed E-state index contributed by atoms with van der Waals surface area (Å²) in [6.07, 6.45) is 0.725. The van der Waals surface area contributed by atoms with Crippen LogP contribution in [0.15, 0.2) is 48.5 Å². The molecule has 3 amide bonds. The monoisotopic (exact) mass is 500 g/mol. The van der Waals surface area contributed by atoms with Crippen LogP contribution >= 0.6 is 11.6 Å². The van der Waals surface area contributed by atoms with Gasteiger partial charge in [0.05, 0.1) is 17.1 Å². The minimum Gasteiger partial charge on any atom is -0.354 e. The van der Waals surface area contributed by atoms with E-state index in [1.54, 1.807) is 4.90 Å². The Bertz CT molecular complexity index is 1050. The Morgan fingerprint density at radius 3 is 2.31 bits per heavy atom. The fraction of sp³-hybridized carbons (Fsp3) is 0.423. The van der Waals surface area contributed by atoms with Gasteiger partial charge in [-0.3, -0.25) is 19.3 Å². The van der Waals surface area contributed by atoms with Crippen molar-refractivity contribution in [3.8, 4) is 0 Å². The van der Waals surface area contributed by atoms with Crippen molar-refractivity contribution in [2.24, 2.45) is 11.8 Å². The highest BCUT2D eigenvalue weighted by Gasteiger charge is 2.44. The SMILES string of the molecule is CC(=O)NCC(=O)NCCC(c1ccccc1)N1CC2CN(C(=O)c3c(F)cccc3Cl)CC2C1. The van der Waals surface area contributed by atoms with E-state index in [0.717, 1.165) is 19.5 Å². The largest absolute Gasteiger partial charge is 0.354 e. The molecule has 2 aliphatic rings. The van der Waals surface area contributed by atoms with Crippen molar-refractivity contribution in [3.63, 3.8) is 0 Å². The van der Waals surface area contributed by atoms with Crippen LogP contribution in [0.25, 0.3) is 0 Å². The molecule has 2 fully saturated rings. The first-order valence-corrected chi connectivity index (χ1v) is 12.2. The Morgan fingerprint density at radius 2 is 1.69 bits per heavy atom. The average Bonchev–Trinajstić information content (AvgIpc) is 3.40. The van der Waals surface area contributed by atoms with Crippen molar-refractivity contribution in [2.45, 2.75) is 19.4 Å². The molecule has 3 atom stereocenters. The Balaban J connectivity index is 1.38. The molecule has 186 valence electrons. The van der Waals surface area contributed by atoms with Crippen molar-refractivity contribution < 1.29 is 18.8 Å². The quantitative estimate of drug-likeness (QED) is 0.584. The number of amides is 3. The molecular formula is C26H30ClFN4O3. The van der Waals surface area contributed by atoms with Gasteiger partial charge in [-0.1, -0.05) is 48.0 Å². The van der Waals surface area contributed by atoms with Crippen LogP contribution in [0.1, 0.15) is 35.3 Å². The maximum atomic E-state index is 14.3. The lowest BCUT2D eigenvalue weighted by Crippen LogP contribution is -2.38. The van der Waals surface area contributed by atoms with Gasteiger partial charge in [0.1, 0.15) is 5.82 Å². The van der Waals surface area contributed by atoms with Gasteiger partial charge in [-0.25, -0.2) is 4.39 Å². The van der Waals surface area contributed by atoms with Crippen LogP contribution in [0.4, 0.5) is 4.39 Å². The highest BCUT2D eigenvalue weighted by atomic mass is 35.5. The van der Waals surface area contributed by atoms with Gasteiger partial charge in [-0.2, -0.15) is 0 Å². The smallest absolute Gasteiger partial charge is 0.258 e. The van der Waals surface area contributed by atoms with Gasteiger partial charge in [0.2, 0.25) is 11.8 Å². The van der Waals surface area contributed by atoms with Gasteiger partial charge < -0.3 is 15.5 Å². The summed E-state index contributed by atoms with van der Waals surface area (Å²) < 4.78 is 14.3. The van der Waals surface area contributed by atoms with Crippen molar-refractivity contribution in [2.75, 3.05) is 39.3 Å². The van der Waals surface area contributed by atoms with Gasteiger partial charge in [-0.15, -0.1) is 0 Å². The molecule has 2 aliphatic heterocycles. The maximum Gasteiger partial charge on any atom is 0.258 e. The molecule has 9 heteroatoms. The lowest BCUT2D eigenvalue weighted by molar-refractivity contribution is -0.125. The summed E-state index contributed by atoms with van der Waals surface area (Å²) in [4.78, 5) is 40.1. The summed E-state index contributed by atoms with van der Waals surface area (Å²) >= 11 is 6.12. The fourth-order valence-corrected chi connectivity index (χ4v) is 5.40. The third-order valence-corrected chi connectivity index (χ3v) is 7.16. The number of halogens is 2. The number of carbonyl (C=O) groups is 3. The Kier molecular flexibility index (Phi) is 8.03. The molecular weight excluding hydrogens is 471 g/mol. The molecule has 2 heterocycles. The van der Waals surface area contributed by atoms with Crippen LogP contribution in [0.2, 0.25) is 5.02 Å². The average molecular weight is 501 g/mol. The van der Waals surface area contributed by atoms with E-state index in [4.69, 9.17) is 11.6 Å². The highest BCUT2D eigenvalue weighted by molar-refractivity contribution is 6.33. The molecule has 4 rings (SSSR count). The van der Waals surface area contributed by atoms with Gasteiger partial charge in [-0.05, 0) is 36.0 Å². The van der Waals surface area contributed by atoms with Gasteiger partial charge in [0.25, 0.3) is 5.91 Å². The van der Waals surface area contributed by atoms with Crippen LogP contribution in [-0.4, -0.2) is 66.8 Å². The number of likely N-dealkylation sites (tertiary alicyclic amines) is 2. The lowest BCUT2D eigenvalue weighted by atomic mass is 10.0. The third kappa shape index (κ3) is 6.00. The Labute approximate surface area is 209 Å². The van der Waals surface area contributed by atoms with Crippen LogP contribution in [0, 0.1) is 17.7 Å². The van der Waals surface area contributed by atoms with E-state index in [1.807, 2.05) is 18.2 Å². The van der Waals surface area contributed by atoms with E-state index in [1.165, 1.54) is 30.7 Å². The Morgan fingerprint density at radius 1 is 1.00 bits per heavy atom. The number of hydrogen-bond acceptors (Lipinski definition) is 4. The second-order valence-electron chi connectivity index (χ2n) is 9.26. The molecule has 0 aromatic heterocycles. The van der Waals surface area contributed by atoms with Gasteiger partial charge in [0.15, 0.2) is 0 Å². The molecule has 2 aromatic carbocycles. The first-order chi connectivity index (χ1) is 16.8. The summed E-state index contributed by atoms with van der Waals surface area (Å²) in [7, 11) is 0. The minimum atomic E-state index is -0.592. The molecule has 35 heavy (non-hydrogen) atoms. The van der Waals surface area contributed by atoms with Crippen molar-refractivity contribution in [1.29, 1.82) is 0 Å². The van der Waals surface area contributed by atoms with E-state index in [2.05, 4.69) is 27.7 Å². The molecule has 0 aliphatic carbocycles. The first-order valence-electron chi connectivity index (χ1n) is 11.9. The Hall–Kier alpha value is -2.97. The highest BCUT2D eigenvalue weighted by Crippen LogP contribution is 2.38. The second-order valence-corrected chi connectivity index (χ2v) is 9.66. The standard InChI is InChI=1S/C26H30ClFN4O3/c1-17(33)30-12-24(34)29-11-10-23(18-6-3-2-4-7-18)31-13-19-15-32(16-20(19)14-31)26(35)25-21(27)8-5-9-22(25)28/h2-9,19-20,23H,10-16H2,1H3,(H,29,34)(H,30,33). The maximum absolute atomic E-state index is 14.3. The zero-order valence-corrected chi connectivity index (χ0v) is 20.4. The number of hydrogen-bond donors (Lipinski definition) is 2. The van der Waals surface area contributed by atoms with E-state index in [-0.39, 0.29) is 40.9 Å². The molecule has 2 N–H and O–H groups in total. The number of carbonyl (C=O) groups excluding carboxylic acids is 3. The molecule has 7 nitrogen and oxygen atoms in total. The minimum absolute atomic E-state index is 0.0327. The van der Waals surface area contributed by atoms with Crippen LogP contribution in [0.5, 0.6) is 0 Å². The van der Waals surface area contributed by atoms with Crippen molar-refractivity contribution >= 4 is 29.3 Å². The van der Waals surface area contributed by atoms with E-state index in [9.17, 15) is 18.8 Å². The normalized spacial score (nSPS) is 20.4. The molecule has 0 saturated carbocycles. The molecule has 0 spiro atoms. The third-order valence-electron chi connectivity index (χ3n) is 6.84. The summed E-state index contributed by atoms with van der Waals surface area (Å²) in [5.41, 5.74) is 1.12. The van der Waals surface area contributed by atoms with Crippen molar-refractivity contribution in [1.82, 2.24) is 20.4 Å². The zero-order chi connectivity index (χ0) is 24.9. The molecule has 0 bridgehead atoms. The van der Waals surface area contributed by atoms with Crippen molar-refractivity contribution in [3.05, 3.63) is 70.5 Å². The molecule has 2 saturated heterocycles. The summed E-state index contributed by atoms with van der Waals surface area (Å²) in [5.74, 6) is -0.807. The first kappa shape index (κ1) is 25.1. The summed E-state index contributed by atoms with van der Waals surface area (Å²) in [6.45, 7) is 4.61. The number of rotatable bonds is 8. The summed E-state index contributed by atoms with van der Waals surface area (Å²) in [5, 5.41) is 5.52. The van der Waals surface area contributed by atoms with E-state index < -0.39 is 5.82 Å². The second kappa shape index (κ2) is 11.2. The number of fused-ring (bicyclic) bond motifs is 1. The molecule has 3 unspecified atom stereocenters. The number of nitrogens with zero attached hydrogens (tertiary/aromatic N) is 2. The van der Waals surface area contributed by atoms with Crippen LogP contribution < -0.4 is 10.6 Å². The fourth-order valence-electron chi connectivity index (χ4n) is 5.16. The van der Waals surface area contributed by atoms with E-state index in [0.29, 0.717) is 31.5 Å². The lowest BCUT2D eigenvalue weighted by Gasteiger charge is -2.30. The van der Waals surface area contributed by atoms with Crippen LogP contribution in [-0.2, 0) is 9.59 Å². The zero-order valence-electron chi connectivity index (χ0n) is 19.7. The van der Waals surface area contributed by atoms with Gasteiger partial charge >= 0.3 is 0 Å². The molecule has 0 radical (unpaired) electrons.